The standard InChI is InChI=1S/C28H32FN7O/c1-17-12-18(2)19(3)21-5-6-24(26(29)22(21)13-17)37-28-23(14-30)27(33-16-34-28)35-25-7-4-20(15-32-25)36-10-8-31-9-11-36/h4-7,15-19,31H,8-13H2,1-3H3,(H,32,33,34,35). The van der Waals surface area contributed by atoms with Crippen molar-refractivity contribution in [1.29, 1.82) is 5.26 Å². The van der Waals surface area contributed by atoms with Crippen LogP contribution in [0.3, 0.4) is 0 Å². The fourth-order valence-corrected chi connectivity index (χ4v) is 5.34. The van der Waals surface area contributed by atoms with E-state index in [4.69, 9.17) is 4.74 Å². The summed E-state index contributed by atoms with van der Waals surface area (Å²) in [5.74, 6) is 1.58. The number of pyridine rings is 1. The number of fused-ring (bicyclic) bond motifs is 1. The number of benzene rings is 1. The molecule has 0 saturated carbocycles. The molecular formula is C28H32FN7O. The Kier molecular flexibility index (Phi) is 7.19. The SMILES string of the molecule is CC1Cc2c(ccc(Oc3ncnc(Nc4ccc(N5CCNCC5)cn4)c3C#N)c2F)C(C)C(C)C1. The molecule has 1 aliphatic heterocycles. The van der Waals surface area contributed by atoms with E-state index in [9.17, 15) is 5.26 Å². The van der Waals surface area contributed by atoms with E-state index in [1.54, 1.807) is 12.3 Å². The third-order valence-corrected chi connectivity index (χ3v) is 7.52. The summed E-state index contributed by atoms with van der Waals surface area (Å²) in [5, 5.41) is 16.3. The normalized spacial score (nSPS) is 21.5. The van der Waals surface area contributed by atoms with Gasteiger partial charge in [-0.1, -0.05) is 26.8 Å². The van der Waals surface area contributed by atoms with Crippen molar-refractivity contribution in [3.8, 4) is 17.7 Å². The number of nitrogens with zero attached hydrogens (tertiary/aromatic N) is 5. The second kappa shape index (κ2) is 10.7. The van der Waals surface area contributed by atoms with E-state index in [0.717, 1.165) is 43.9 Å². The van der Waals surface area contributed by atoms with Gasteiger partial charge in [-0.3, -0.25) is 0 Å². The van der Waals surface area contributed by atoms with E-state index < -0.39 is 0 Å². The van der Waals surface area contributed by atoms with E-state index >= 15 is 4.39 Å². The van der Waals surface area contributed by atoms with Crippen molar-refractivity contribution >= 4 is 17.3 Å². The van der Waals surface area contributed by atoms with Crippen molar-refractivity contribution in [2.24, 2.45) is 11.8 Å². The van der Waals surface area contributed by atoms with Gasteiger partial charge in [-0.05, 0) is 59.9 Å². The zero-order chi connectivity index (χ0) is 25.9. The molecule has 5 rings (SSSR count). The molecule has 0 spiro atoms. The molecule has 8 nitrogen and oxygen atoms in total. The van der Waals surface area contributed by atoms with Crippen LogP contribution in [0.4, 0.5) is 21.7 Å². The second-order valence-electron chi connectivity index (χ2n) is 10.1. The number of aromatic nitrogens is 3. The van der Waals surface area contributed by atoms with E-state index in [1.165, 1.54) is 6.33 Å². The summed E-state index contributed by atoms with van der Waals surface area (Å²) in [6.07, 6.45) is 4.80. The third kappa shape index (κ3) is 5.20. The second-order valence-corrected chi connectivity index (χ2v) is 10.1. The molecule has 3 heterocycles. The molecule has 1 aliphatic carbocycles. The maximum atomic E-state index is 15.7. The number of nitriles is 1. The molecule has 3 atom stereocenters. The van der Waals surface area contributed by atoms with Crippen molar-refractivity contribution in [1.82, 2.24) is 20.3 Å². The van der Waals surface area contributed by atoms with Crippen LogP contribution in [0, 0.1) is 29.0 Å². The lowest BCUT2D eigenvalue weighted by Crippen LogP contribution is -2.43. The maximum Gasteiger partial charge on any atom is 0.242 e. The molecule has 3 aromatic rings. The number of piperazine rings is 1. The van der Waals surface area contributed by atoms with Gasteiger partial charge in [-0.25, -0.2) is 19.3 Å². The van der Waals surface area contributed by atoms with Crippen LogP contribution in [0.2, 0.25) is 0 Å². The summed E-state index contributed by atoms with van der Waals surface area (Å²) < 4.78 is 21.6. The molecule has 192 valence electrons. The highest BCUT2D eigenvalue weighted by Crippen LogP contribution is 2.41. The van der Waals surface area contributed by atoms with Crippen LogP contribution in [0.25, 0.3) is 0 Å². The molecule has 37 heavy (non-hydrogen) atoms. The molecule has 3 unspecified atom stereocenters. The Labute approximate surface area is 216 Å². The monoisotopic (exact) mass is 501 g/mol. The summed E-state index contributed by atoms with van der Waals surface area (Å²) in [5.41, 5.74) is 2.85. The lowest BCUT2D eigenvalue weighted by atomic mass is 9.86. The van der Waals surface area contributed by atoms with Gasteiger partial charge < -0.3 is 20.3 Å². The molecular weight excluding hydrogens is 469 g/mol. The molecule has 1 aromatic carbocycles. The Morgan fingerprint density at radius 2 is 1.92 bits per heavy atom. The highest BCUT2D eigenvalue weighted by atomic mass is 19.1. The number of hydrogen-bond acceptors (Lipinski definition) is 8. The number of anilines is 3. The first kappa shape index (κ1) is 24.9. The zero-order valence-electron chi connectivity index (χ0n) is 21.5. The van der Waals surface area contributed by atoms with Gasteiger partial charge >= 0.3 is 0 Å². The number of halogens is 1. The van der Waals surface area contributed by atoms with E-state index in [0.29, 0.717) is 29.6 Å². The summed E-state index contributed by atoms with van der Waals surface area (Å²) in [6.45, 7) is 10.3. The van der Waals surface area contributed by atoms with Crippen LogP contribution in [0.1, 0.15) is 49.8 Å². The van der Waals surface area contributed by atoms with Gasteiger partial charge in [-0.2, -0.15) is 5.26 Å². The minimum absolute atomic E-state index is 0.000580. The molecule has 2 aliphatic rings. The molecule has 0 amide bonds. The summed E-state index contributed by atoms with van der Waals surface area (Å²) >= 11 is 0. The lowest BCUT2D eigenvalue weighted by Gasteiger charge is -2.29. The first-order valence-corrected chi connectivity index (χ1v) is 12.9. The molecule has 0 bridgehead atoms. The van der Waals surface area contributed by atoms with Crippen molar-refractivity contribution in [2.75, 3.05) is 36.4 Å². The average Bonchev–Trinajstić information content (AvgIpc) is 3.02. The maximum absolute atomic E-state index is 15.7. The summed E-state index contributed by atoms with van der Waals surface area (Å²) in [4.78, 5) is 15.1. The highest BCUT2D eigenvalue weighted by Gasteiger charge is 2.28. The molecule has 0 radical (unpaired) electrons. The van der Waals surface area contributed by atoms with Gasteiger partial charge in [-0.15, -0.1) is 0 Å². The fourth-order valence-electron chi connectivity index (χ4n) is 5.34. The number of hydrogen-bond donors (Lipinski definition) is 2. The van der Waals surface area contributed by atoms with Gasteiger partial charge in [0.15, 0.2) is 22.9 Å². The minimum atomic E-state index is -0.382. The molecule has 1 saturated heterocycles. The molecule has 2 aromatic heterocycles. The Morgan fingerprint density at radius 3 is 2.65 bits per heavy atom. The first-order chi connectivity index (χ1) is 17.9. The minimum Gasteiger partial charge on any atom is -0.434 e. The van der Waals surface area contributed by atoms with Crippen LogP contribution in [0.5, 0.6) is 11.6 Å². The predicted octanol–water partition coefficient (Wildman–Crippen LogP) is 5.15. The predicted molar refractivity (Wildman–Crippen MR) is 141 cm³/mol. The van der Waals surface area contributed by atoms with E-state index in [-0.39, 0.29) is 34.7 Å². The molecule has 2 N–H and O–H groups in total. The van der Waals surface area contributed by atoms with Crippen molar-refractivity contribution < 1.29 is 9.13 Å². The highest BCUT2D eigenvalue weighted by molar-refractivity contribution is 5.64. The van der Waals surface area contributed by atoms with Crippen LogP contribution < -0.4 is 20.3 Å². The summed E-state index contributed by atoms with van der Waals surface area (Å²) in [7, 11) is 0. The molecule has 1 fully saturated rings. The zero-order valence-corrected chi connectivity index (χ0v) is 21.5. The average molecular weight is 502 g/mol. The smallest absolute Gasteiger partial charge is 0.242 e. The van der Waals surface area contributed by atoms with Crippen LogP contribution >= 0.6 is 0 Å². The Balaban J connectivity index is 1.39. The topological polar surface area (TPSA) is 99.0 Å². The van der Waals surface area contributed by atoms with Crippen molar-refractivity contribution in [3.05, 3.63) is 59.3 Å². The molecule has 9 heteroatoms. The number of nitrogens with one attached hydrogen (secondary N) is 2. The Morgan fingerprint density at radius 1 is 1.11 bits per heavy atom. The number of rotatable bonds is 5. The summed E-state index contributed by atoms with van der Waals surface area (Å²) in [6, 6.07) is 9.52. The Bertz CT molecular complexity index is 1300. The Hall–Kier alpha value is -3.77. The first-order valence-electron chi connectivity index (χ1n) is 12.9. The quantitative estimate of drug-likeness (QED) is 0.463. The van der Waals surface area contributed by atoms with Crippen molar-refractivity contribution in [3.63, 3.8) is 0 Å². The lowest BCUT2D eigenvalue weighted by molar-refractivity contribution is 0.388. The van der Waals surface area contributed by atoms with Gasteiger partial charge in [0.25, 0.3) is 0 Å². The van der Waals surface area contributed by atoms with Gasteiger partial charge in [0.2, 0.25) is 5.88 Å². The van der Waals surface area contributed by atoms with Crippen LogP contribution in [-0.4, -0.2) is 41.1 Å². The van der Waals surface area contributed by atoms with Crippen LogP contribution in [-0.2, 0) is 6.42 Å². The fraction of sp³-hybridized carbons (Fsp3) is 0.429. The van der Waals surface area contributed by atoms with Gasteiger partial charge in [0.1, 0.15) is 18.2 Å². The van der Waals surface area contributed by atoms with E-state index in [2.05, 4.69) is 57.3 Å². The largest absolute Gasteiger partial charge is 0.434 e. The van der Waals surface area contributed by atoms with Crippen molar-refractivity contribution in [2.45, 2.75) is 39.5 Å². The van der Waals surface area contributed by atoms with Crippen LogP contribution in [0.15, 0.2) is 36.8 Å². The van der Waals surface area contributed by atoms with Gasteiger partial charge in [0, 0.05) is 26.2 Å². The van der Waals surface area contributed by atoms with E-state index in [1.807, 2.05) is 18.2 Å². The van der Waals surface area contributed by atoms with Gasteiger partial charge in [0.05, 0.1) is 11.9 Å². The third-order valence-electron chi connectivity index (χ3n) is 7.52. The number of ether oxygens (including phenoxy) is 1.